The summed E-state index contributed by atoms with van der Waals surface area (Å²) in [5.41, 5.74) is 2.14. The van der Waals surface area contributed by atoms with E-state index in [2.05, 4.69) is 38.6 Å². The third-order valence-electron chi connectivity index (χ3n) is 4.89. The Morgan fingerprint density at radius 1 is 1.34 bits per heavy atom. The number of thiol groups is 1. The van der Waals surface area contributed by atoms with Gasteiger partial charge in [0.1, 0.15) is 6.10 Å². The summed E-state index contributed by atoms with van der Waals surface area (Å²) in [4.78, 5) is 11.7. The van der Waals surface area contributed by atoms with Crippen LogP contribution < -0.4 is 0 Å². The van der Waals surface area contributed by atoms with E-state index in [4.69, 9.17) is 18.9 Å². The SMILES string of the molecule is CCOC(=O)CCc1cccc(C(COCC(C)(C)CS)OC2CCCCO2)c1. The number of ether oxygens (including phenoxy) is 4. The molecule has 2 unspecified atom stereocenters. The van der Waals surface area contributed by atoms with E-state index in [0.29, 0.717) is 32.7 Å². The number of carbonyl (C=O) groups is 1. The van der Waals surface area contributed by atoms with Gasteiger partial charge in [0.05, 0.1) is 19.8 Å². The predicted molar refractivity (Wildman–Crippen MR) is 117 cm³/mol. The number of esters is 1. The maximum absolute atomic E-state index is 11.7. The van der Waals surface area contributed by atoms with Gasteiger partial charge in [0.2, 0.25) is 0 Å². The summed E-state index contributed by atoms with van der Waals surface area (Å²) >= 11 is 4.40. The van der Waals surface area contributed by atoms with Crippen molar-refractivity contribution in [3.8, 4) is 0 Å². The molecule has 2 rings (SSSR count). The molecule has 1 aliphatic heterocycles. The lowest BCUT2D eigenvalue weighted by molar-refractivity contribution is -0.201. The van der Waals surface area contributed by atoms with E-state index >= 15 is 0 Å². The molecule has 1 aromatic rings. The van der Waals surface area contributed by atoms with Gasteiger partial charge in [-0.25, -0.2) is 0 Å². The molecule has 29 heavy (non-hydrogen) atoms. The molecule has 0 saturated carbocycles. The summed E-state index contributed by atoms with van der Waals surface area (Å²) < 4.78 is 23.1. The maximum atomic E-state index is 11.7. The molecule has 1 aliphatic rings. The lowest BCUT2D eigenvalue weighted by Crippen LogP contribution is -2.28. The van der Waals surface area contributed by atoms with Crippen LogP contribution in [-0.4, -0.2) is 44.4 Å². The lowest BCUT2D eigenvalue weighted by Gasteiger charge is -2.29. The van der Waals surface area contributed by atoms with Gasteiger partial charge in [0.15, 0.2) is 6.29 Å². The van der Waals surface area contributed by atoms with E-state index in [1.54, 1.807) is 0 Å². The molecule has 0 aliphatic carbocycles. The first-order valence-corrected chi connectivity index (χ1v) is 11.3. The normalized spacial score (nSPS) is 18.4. The average molecular weight is 425 g/mol. The molecule has 1 aromatic carbocycles. The van der Waals surface area contributed by atoms with Crippen LogP contribution >= 0.6 is 12.6 Å². The Morgan fingerprint density at radius 2 is 2.17 bits per heavy atom. The zero-order valence-electron chi connectivity index (χ0n) is 18.0. The Labute approximate surface area is 180 Å². The van der Waals surface area contributed by atoms with Crippen LogP contribution in [0, 0.1) is 5.41 Å². The van der Waals surface area contributed by atoms with E-state index in [0.717, 1.165) is 42.7 Å². The van der Waals surface area contributed by atoms with Crippen LogP contribution in [-0.2, 0) is 30.2 Å². The molecule has 0 amide bonds. The van der Waals surface area contributed by atoms with Crippen molar-refractivity contribution in [1.82, 2.24) is 0 Å². The zero-order chi connectivity index (χ0) is 21.1. The van der Waals surface area contributed by atoms with Crippen molar-refractivity contribution in [2.75, 3.05) is 32.2 Å². The summed E-state index contributed by atoms with van der Waals surface area (Å²) in [7, 11) is 0. The molecule has 1 saturated heterocycles. The van der Waals surface area contributed by atoms with E-state index < -0.39 is 0 Å². The minimum Gasteiger partial charge on any atom is -0.466 e. The molecule has 0 N–H and O–H groups in total. The average Bonchev–Trinajstić information content (AvgIpc) is 2.73. The highest BCUT2D eigenvalue weighted by molar-refractivity contribution is 7.80. The van der Waals surface area contributed by atoms with Crippen molar-refractivity contribution in [3.05, 3.63) is 35.4 Å². The summed E-state index contributed by atoms with van der Waals surface area (Å²) in [5, 5.41) is 0. The Bertz CT molecular complexity index is 613. The van der Waals surface area contributed by atoms with Crippen molar-refractivity contribution < 1.29 is 23.7 Å². The first kappa shape index (κ1) is 24.2. The number of hydrogen-bond donors (Lipinski definition) is 1. The van der Waals surface area contributed by atoms with Crippen LogP contribution in [0.25, 0.3) is 0 Å². The molecule has 5 nitrogen and oxygen atoms in total. The van der Waals surface area contributed by atoms with Gasteiger partial charge in [-0.3, -0.25) is 4.79 Å². The second kappa shape index (κ2) is 12.6. The van der Waals surface area contributed by atoms with E-state index in [1.807, 2.05) is 19.1 Å². The van der Waals surface area contributed by atoms with Crippen LogP contribution in [0.1, 0.15) is 63.7 Å². The summed E-state index contributed by atoms with van der Waals surface area (Å²) in [6.07, 6.45) is 3.72. The Balaban J connectivity index is 2.03. The molecular formula is C23H36O5S. The van der Waals surface area contributed by atoms with E-state index in [1.165, 1.54) is 0 Å². The van der Waals surface area contributed by atoms with Crippen LogP contribution in [0.4, 0.5) is 0 Å². The first-order chi connectivity index (χ1) is 13.9. The predicted octanol–water partition coefficient (Wildman–Crippen LogP) is 4.74. The molecule has 0 bridgehead atoms. The van der Waals surface area contributed by atoms with Crippen LogP contribution in [0.15, 0.2) is 24.3 Å². The van der Waals surface area contributed by atoms with Crippen LogP contribution in [0.2, 0.25) is 0 Å². The number of benzene rings is 1. The van der Waals surface area contributed by atoms with Crippen molar-refractivity contribution in [2.24, 2.45) is 5.41 Å². The Kier molecular flexibility index (Phi) is 10.5. The van der Waals surface area contributed by atoms with E-state index in [9.17, 15) is 4.79 Å². The van der Waals surface area contributed by atoms with Gasteiger partial charge in [-0.15, -0.1) is 0 Å². The molecule has 164 valence electrons. The molecule has 0 aromatic heterocycles. The van der Waals surface area contributed by atoms with Crippen LogP contribution in [0.3, 0.4) is 0 Å². The number of carbonyl (C=O) groups excluding carboxylic acids is 1. The van der Waals surface area contributed by atoms with Gasteiger partial charge in [0.25, 0.3) is 0 Å². The Morgan fingerprint density at radius 3 is 2.86 bits per heavy atom. The lowest BCUT2D eigenvalue weighted by atomic mass is 9.98. The first-order valence-electron chi connectivity index (χ1n) is 10.6. The van der Waals surface area contributed by atoms with Crippen LogP contribution in [0.5, 0.6) is 0 Å². The van der Waals surface area contributed by atoms with Gasteiger partial charge >= 0.3 is 5.97 Å². The fraction of sp³-hybridized carbons (Fsp3) is 0.696. The molecule has 2 atom stereocenters. The third kappa shape index (κ3) is 9.08. The van der Waals surface area contributed by atoms with Gasteiger partial charge in [-0.05, 0) is 54.9 Å². The monoisotopic (exact) mass is 424 g/mol. The minimum atomic E-state index is -0.212. The molecule has 1 heterocycles. The molecular weight excluding hydrogens is 388 g/mol. The third-order valence-corrected chi connectivity index (χ3v) is 5.75. The second-order valence-corrected chi connectivity index (χ2v) is 8.62. The highest BCUT2D eigenvalue weighted by Crippen LogP contribution is 2.26. The fourth-order valence-electron chi connectivity index (χ4n) is 3.13. The minimum absolute atomic E-state index is 0.0104. The standard InChI is InChI=1S/C23H36O5S/c1-4-26-21(24)12-11-18-8-7-9-19(14-18)20(15-25-16-23(2,3)17-29)28-22-10-5-6-13-27-22/h7-9,14,20,22,29H,4-6,10-13,15-17H2,1-3H3. The maximum Gasteiger partial charge on any atom is 0.306 e. The molecule has 1 fully saturated rings. The second-order valence-electron chi connectivity index (χ2n) is 8.31. The summed E-state index contributed by atoms with van der Waals surface area (Å²) in [6.45, 7) is 8.32. The van der Waals surface area contributed by atoms with Crippen molar-refractivity contribution in [2.45, 2.75) is 65.3 Å². The fourth-order valence-corrected chi connectivity index (χ4v) is 3.22. The number of rotatable bonds is 12. The smallest absolute Gasteiger partial charge is 0.306 e. The van der Waals surface area contributed by atoms with Gasteiger partial charge in [0, 0.05) is 13.0 Å². The quantitative estimate of drug-likeness (QED) is 0.388. The highest BCUT2D eigenvalue weighted by Gasteiger charge is 2.23. The Hall–Kier alpha value is -1.08. The summed E-state index contributed by atoms with van der Waals surface area (Å²) in [6, 6.07) is 8.18. The van der Waals surface area contributed by atoms with Crippen molar-refractivity contribution in [1.29, 1.82) is 0 Å². The summed E-state index contributed by atoms with van der Waals surface area (Å²) in [5.74, 6) is 0.590. The topological polar surface area (TPSA) is 54.0 Å². The molecule has 0 spiro atoms. The number of aryl methyl sites for hydroxylation is 1. The molecule has 6 heteroatoms. The molecule has 0 radical (unpaired) electrons. The van der Waals surface area contributed by atoms with Gasteiger partial charge < -0.3 is 18.9 Å². The van der Waals surface area contributed by atoms with E-state index in [-0.39, 0.29) is 23.8 Å². The van der Waals surface area contributed by atoms with Crippen molar-refractivity contribution in [3.63, 3.8) is 0 Å². The zero-order valence-corrected chi connectivity index (χ0v) is 18.9. The highest BCUT2D eigenvalue weighted by atomic mass is 32.1. The van der Waals surface area contributed by atoms with Crippen molar-refractivity contribution >= 4 is 18.6 Å². The largest absolute Gasteiger partial charge is 0.466 e. The number of hydrogen-bond acceptors (Lipinski definition) is 6. The van der Waals surface area contributed by atoms with Gasteiger partial charge in [-0.2, -0.15) is 12.6 Å². The van der Waals surface area contributed by atoms with Gasteiger partial charge in [-0.1, -0.05) is 38.1 Å².